The van der Waals surface area contributed by atoms with Crippen molar-refractivity contribution in [3.8, 4) is 11.1 Å². The van der Waals surface area contributed by atoms with Crippen molar-refractivity contribution in [1.82, 2.24) is 9.88 Å². The Morgan fingerprint density at radius 2 is 1.67 bits per heavy atom. The summed E-state index contributed by atoms with van der Waals surface area (Å²) < 4.78 is 56.8. The number of piperazine rings is 1. The van der Waals surface area contributed by atoms with Crippen molar-refractivity contribution >= 4 is 40.0 Å². The zero-order valence-electron chi connectivity index (χ0n) is 22.1. The molecule has 0 aliphatic carbocycles. The second-order valence-electron chi connectivity index (χ2n) is 9.99. The molecule has 3 nitrogen and oxygen atoms in total. The van der Waals surface area contributed by atoms with E-state index in [9.17, 15) is 17.6 Å². The Kier molecular flexibility index (Phi) is 7.82. The van der Waals surface area contributed by atoms with Crippen LogP contribution in [-0.4, -0.2) is 41.8 Å². The molecule has 0 amide bonds. The Hall–Kier alpha value is -2.81. The van der Waals surface area contributed by atoms with Gasteiger partial charge in [0.05, 0.1) is 10.4 Å². The van der Waals surface area contributed by atoms with Crippen LogP contribution in [0.2, 0.25) is 5.02 Å². The van der Waals surface area contributed by atoms with Crippen LogP contribution in [0.3, 0.4) is 0 Å². The van der Waals surface area contributed by atoms with Gasteiger partial charge in [0.25, 0.3) is 0 Å². The lowest BCUT2D eigenvalue weighted by atomic mass is 9.94. The summed E-state index contributed by atoms with van der Waals surface area (Å²) in [4.78, 5) is 8.61. The molecule has 1 saturated heterocycles. The van der Waals surface area contributed by atoms with Gasteiger partial charge in [0.15, 0.2) is 23.3 Å². The average molecular weight is 574 g/mol. The van der Waals surface area contributed by atoms with E-state index in [2.05, 4.69) is 35.9 Å². The second kappa shape index (κ2) is 11.0. The monoisotopic (exact) mass is 573 g/mol. The number of halogens is 5. The third kappa shape index (κ3) is 4.98. The first-order valence-corrected chi connectivity index (χ1v) is 14.2. The summed E-state index contributed by atoms with van der Waals surface area (Å²) in [5.74, 6) is -6.22. The molecule has 1 aliphatic rings. The van der Waals surface area contributed by atoms with Crippen LogP contribution >= 0.6 is 23.4 Å². The summed E-state index contributed by atoms with van der Waals surface area (Å²) in [5.41, 5.74) is 5.97. The number of hydrogen-bond acceptors (Lipinski definition) is 4. The van der Waals surface area contributed by atoms with E-state index < -0.39 is 23.3 Å². The van der Waals surface area contributed by atoms with Gasteiger partial charge in [0.2, 0.25) is 0 Å². The highest BCUT2D eigenvalue weighted by Gasteiger charge is 2.30. The van der Waals surface area contributed by atoms with Gasteiger partial charge < -0.3 is 4.90 Å². The highest BCUT2D eigenvalue weighted by Crippen LogP contribution is 2.39. The highest BCUT2D eigenvalue weighted by molar-refractivity contribution is 7.98. The number of aromatic nitrogens is 1. The molecule has 0 bridgehead atoms. The normalized spacial score (nSPS) is 16.3. The largest absolute Gasteiger partial charge is 0.366 e. The Morgan fingerprint density at radius 1 is 0.974 bits per heavy atom. The minimum absolute atomic E-state index is 0.00246. The smallest absolute Gasteiger partial charge is 0.198 e. The van der Waals surface area contributed by atoms with E-state index in [1.807, 2.05) is 36.1 Å². The van der Waals surface area contributed by atoms with Crippen LogP contribution in [0, 0.1) is 37.1 Å². The molecule has 3 aromatic carbocycles. The summed E-state index contributed by atoms with van der Waals surface area (Å²) in [6, 6.07) is 12.1. The summed E-state index contributed by atoms with van der Waals surface area (Å²) >= 11 is 7.71. The maximum atomic E-state index is 14.6. The van der Waals surface area contributed by atoms with Crippen molar-refractivity contribution in [1.29, 1.82) is 0 Å². The van der Waals surface area contributed by atoms with Crippen molar-refractivity contribution in [3.05, 3.63) is 87.6 Å². The molecule has 2 heterocycles. The molecule has 0 saturated carbocycles. The summed E-state index contributed by atoms with van der Waals surface area (Å²) in [6.07, 6.45) is 3.30. The van der Waals surface area contributed by atoms with Gasteiger partial charge in [0.1, 0.15) is 0 Å². The molecule has 9 heteroatoms. The van der Waals surface area contributed by atoms with Crippen LogP contribution in [0.4, 0.5) is 23.2 Å². The molecule has 0 radical (unpaired) electrons. The Morgan fingerprint density at radius 3 is 2.33 bits per heavy atom. The molecule has 5 rings (SSSR count). The Balaban J connectivity index is 1.44. The number of thioether (sulfide) groups is 1. The molecule has 204 valence electrons. The number of anilines is 1. The number of rotatable bonds is 5. The molecular weight excluding hydrogens is 546 g/mol. The minimum atomic E-state index is -1.78. The molecule has 1 aliphatic heterocycles. The van der Waals surface area contributed by atoms with Crippen molar-refractivity contribution in [2.75, 3.05) is 30.8 Å². The number of nitrogens with zero attached hydrogens (tertiary/aromatic N) is 3. The molecule has 0 N–H and O–H groups in total. The fourth-order valence-electron chi connectivity index (χ4n) is 5.60. The number of fused-ring (bicyclic) bond motifs is 1. The van der Waals surface area contributed by atoms with Gasteiger partial charge in [-0.15, -0.1) is 11.8 Å². The number of hydrogen-bond donors (Lipinski definition) is 0. The van der Waals surface area contributed by atoms with Gasteiger partial charge >= 0.3 is 0 Å². The van der Waals surface area contributed by atoms with Gasteiger partial charge in [-0.3, -0.25) is 9.88 Å². The van der Waals surface area contributed by atoms with Gasteiger partial charge in [0, 0.05) is 65.6 Å². The highest BCUT2D eigenvalue weighted by atomic mass is 35.5. The lowest BCUT2D eigenvalue weighted by Gasteiger charge is -2.42. The quantitative estimate of drug-likeness (QED) is 0.104. The predicted molar refractivity (Wildman–Crippen MR) is 152 cm³/mol. The van der Waals surface area contributed by atoms with E-state index in [-0.39, 0.29) is 23.0 Å². The van der Waals surface area contributed by atoms with Gasteiger partial charge in [-0.2, -0.15) is 0 Å². The molecule has 1 fully saturated rings. The van der Waals surface area contributed by atoms with Crippen molar-refractivity contribution in [3.63, 3.8) is 0 Å². The topological polar surface area (TPSA) is 19.4 Å². The first-order valence-electron chi connectivity index (χ1n) is 12.6. The molecule has 4 aromatic rings. The molecule has 1 atom stereocenters. The van der Waals surface area contributed by atoms with Crippen LogP contribution in [0.15, 0.2) is 47.5 Å². The van der Waals surface area contributed by atoms with E-state index in [0.29, 0.717) is 24.7 Å². The fraction of sp³-hybridized carbons (Fsp3) is 0.300. The number of aryl methyl sites for hydroxylation is 2. The van der Waals surface area contributed by atoms with Crippen LogP contribution in [0.25, 0.3) is 22.0 Å². The van der Waals surface area contributed by atoms with Crippen molar-refractivity contribution in [2.45, 2.75) is 38.3 Å². The maximum Gasteiger partial charge on any atom is 0.198 e. The Labute approximate surface area is 234 Å². The third-order valence-corrected chi connectivity index (χ3v) is 8.63. The maximum absolute atomic E-state index is 14.6. The first kappa shape index (κ1) is 27.7. The molecule has 0 spiro atoms. The lowest BCUT2D eigenvalue weighted by molar-refractivity contribution is 0.214. The number of benzene rings is 3. The zero-order chi connectivity index (χ0) is 28.0. The summed E-state index contributed by atoms with van der Waals surface area (Å²) in [7, 11) is 0. The van der Waals surface area contributed by atoms with E-state index in [1.165, 1.54) is 6.26 Å². The molecule has 1 aromatic heterocycles. The fourth-order valence-corrected chi connectivity index (χ4v) is 6.53. The van der Waals surface area contributed by atoms with Crippen LogP contribution in [0.5, 0.6) is 0 Å². The SMILES string of the molecule is CSc1c(F)c(F)c(F)c(F)c1CN1CCN(c2ccnc3cc(-c4c(C)cccc4C)c(Cl)cc23)[C@@H](C)C1. The van der Waals surface area contributed by atoms with E-state index in [1.54, 1.807) is 6.20 Å². The zero-order valence-corrected chi connectivity index (χ0v) is 23.7. The van der Waals surface area contributed by atoms with Crippen molar-refractivity contribution < 1.29 is 17.6 Å². The van der Waals surface area contributed by atoms with Gasteiger partial charge in [-0.05, 0) is 61.9 Å². The summed E-state index contributed by atoms with van der Waals surface area (Å²) in [5, 5.41) is 1.57. The van der Waals surface area contributed by atoms with E-state index >= 15 is 0 Å². The van der Waals surface area contributed by atoms with Crippen LogP contribution < -0.4 is 4.90 Å². The second-order valence-corrected chi connectivity index (χ2v) is 11.2. The van der Waals surface area contributed by atoms with E-state index in [0.717, 1.165) is 50.6 Å². The minimum Gasteiger partial charge on any atom is -0.366 e. The molecule has 39 heavy (non-hydrogen) atoms. The standard InChI is InChI=1S/C30H28ClF4N3S/c1-16-6-5-7-17(2)25(16)19-13-23-20(12-22(19)31)24(8-9-36-23)38-11-10-37(14-18(38)3)15-21-26(32)27(33)28(34)29(35)30(21)39-4/h5-9,12-13,18H,10-11,14-15H2,1-4H3/t18-/m0/s1. The summed E-state index contributed by atoms with van der Waals surface area (Å²) in [6.45, 7) is 7.80. The van der Waals surface area contributed by atoms with Gasteiger partial charge in [-0.25, -0.2) is 17.6 Å². The van der Waals surface area contributed by atoms with E-state index in [4.69, 9.17) is 11.6 Å². The lowest BCUT2D eigenvalue weighted by Crippen LogP contribution is -2.51. The van der Waals surface area contributed by atoms with Crippen LogP contribution in [0.1, 0.15) is 23.6 Å². The molecule has 0 unspecified atom stereocenters. The first-order chi connectivity index (χ1) is 18.6. The Bertz CT molecular complexity index is 1560. The van der Waals surface area contributed by atoms with Crippen molar-refractivity contribution in [2.24, 2.45) is 0 Å². The predicted octanol–water partition coefficient (Wildman–Crippen LogP) is 8.16. The average Bonchev–Trinajstić information content (AvgIpc) is 2.91. The van der Waals surface area contributed by atoms with Gasteiger partial charge in [-0.1, -0.05) is 29.8 Å². The van der Waals surface area contributed by atoms with Crippen LogP contribution in [-0.2, 0) is 6.54 Å². The molecular formula is C30H28ClF4N3S. The third-order valence-electron chi connectivity index (χ3n) is 7.48. The number of pyridine rings is 1.